The predicted octanol–water partition coefficient (Wildman–Crippen LogP) is 1.99. The van der Waals surface area contributed by atoms with Gasteiger partial charge >= 0.3 is 0 Å². The molecule has 0 atom stereocenters. The summed E-state index contributed by atoms with van der Waals surface area (Å²) < 4.78 is 23.0. The molecule has 1 fully saturated rings. The standard InChI is InChI=1S/C8H10ClNO2S2/c9-8-10-5-7(14(8,11)12)6-1-3-13-4-2-6/h5-6H,1-4H2. The number of nitrogens with zero attached hydrogens (tertiary/aromatic N) is 1. The van der Waals surface area contributed by atoms with Crippen molar-refractivity contribution < 1.29 is 8.42 Å². The van der Waals surface area contributed by atoms with E-state index in [4.69, 9.17) is 11.6 Å². The summed E-state index contributed by atoms with van der Waals surface area (Å²) in [6, 6.07) is 0. The lowest BCUT2D eigenvalue weighted by Crippen LogP contribution is -2.19. The minimum absolute atomic E-state index is 0.126. The van der Waals surface area contributed by atoms with E-state index < -0.39 is 9.84 Å². The molecule has 0 amide bonds. The number of thioether (sulfide) groups is 1. The third-order valence-electron chi connectivity index (χ3n) is 2.45. The van der Waals surface area contributed by atoms with Gasteiger partial charge in [-0.15, -0.1) is 0 Å². The van der Waals surface area contributed by atoms with E-state index in [0.29, 0.717) is 4.91 Å². The molecule has 0 radical (unpaired) electrons. The van der Waals surface area contributed by atoms with Gasteiger partial charge in [0.05, 0.1) is 4.91 Å². The van der Waals surface area contributed by atoms with Crippen LogP contribution in [0.3, 0.4) is 0 Å². The van der Waals surface area contributed by atoms with Crippen molar-refractivity contribution >= 4 is 37.7 Å². The van der Waals surface area contributed by atoms with Gasteiger partial charge < -0.3 is 0 Å². The van der Waals surface area contributed by atoms with Gasteiger partial charge in [-0.05, 0) is 41.9 Å². The molecule has 78 valence electrons. The largest absolute Gasteiger partial charge is 0.232 e. The molecule has 3 nitrogen and oxygen atoms in total. The molecule has 2 aliphatic rings. The molecule has 0 aliphatic carbocycles. The first-order valence-corrected chi connectivity index (χ1v) is 7.40. The molecule has 0 bridgehead atoms. The van der Waals surface area contributed by atoms with E-state index in [1.54, 1.807) is 0 Å². The molecule has 2 rings (SSSR count). The van der Waals surface area contributed by atoms with Gasteiger partial charge in [0, 0.05) is 6.20 Å². The van der Waals surface area contributed by atoms with E-state index >= 15 is 0 Å². The Labute approximate surface area is 92.5 Å². The first-order valence-electron chi connectivity index (χ1n) is 4.38. The van der Waals surface area contributed by atoms with Gasteiger partial charge in [0.25, 0.3) is 0 Å². The highest BCUT2D eigenvalue weighted by molar-refractivity contribution is 8.13. The van der Waals surface area contributed by atoms with Crippen LogP contribution in [-0.2, 0) is 9.84 Å². The molecule has 2 aliphatic heterocycles. The number of aliphatic imine (C=N–C) groups is 1. The van der Waals surface area contributed by atoms with Crippen LogP contribution in [0, 0.1) is 5.92 Å². The fraction of sp³-hybridized carbons (Fsp3) is 0.625. The van der Waals surface area contributed by atoms with Gasteiger partial charge in [-0.2, -0.15) is 11.8 Å². The van der Waals surface area contributed by atoms with E-state index in [2.05, 4.69) is 4.99 Å². The lowest BCUT2D eigenvalue weighted by molar-refractivity contribution is 0.567. The first-order chi connectivity index (χ1) is 6.62. The van der Waals surface area contributed by atoms with Crippen LogP contribution in [0.5, 0.6) is 0 Å². The predicted molar refractivity (Wildman–Crippen MR) is 60.3 cm³/mol. The molecule has 14 heavy (non-hydrogen) atoms. The smallest absolute Gasteiger partial charge is 0.232 e. The summed E-state index contributed by atoms with van der Waals surface area (Å²) in [5.41, 5.74) is 0. The van der Waals surface area contributed by atoms with Crippen molar-refractivity contribution in [2.45, 2.75) is 12.8 Å². The number of allylic oxidation sites excluding steroid dienone is 1. The second-order valence-electron chi connectivity index (χ2n) is 3.30. The Balaban J connectivity index is 2.22. The van der Waals surface area contributed by atoms with Gasteiger partial charge in [-0.25, -0.2) is 13.4 Å². The Morgan fingerprint density at radius 2 is 2.07 bits per heavy atom. The molecule has 0 unspecified atom stereocenters. The van der Waals surface area contributed by atoms with Crippen molar-refractivity contribution in [3.63, 3.8) is 0 Å². The Morgan fingerprint density at radius 1 is 1.43 bits per heavy atom. The van der Waals surface area contributed by atoms with Crippen molar-refractivity contribution in [2.75, 3.05) is 11.5 Å². The van der Waals surface area contributed by atoms with Gasteiger partial charge in [0.1, 0.15) is 0 Å². The zero-order valence-corrected chi connectivity index (χ0v) is 9.83. The highest BCUT2D eigenvalue weighted by atomic mass is 35.5. The van der Waals surface area contributed by atoms with E-state index in [-0.39, 0.29) is 10.4 Å². The average molecular weight is 252 g/mol. The van der Waals surface area contributed by atoms with Crippen LogP contribution in [0.2, 0.25) is 0 Å². The molecule has 0 N–H and O–H groups in total. The van der Waals surface area contributed by atoms with Crippen LogP contribution >= 0.6 is 23.4 Å². The monoisotopic (exact) mass is 251 g/mol. The van der Waals surface area contributed by atoms with Crippen molar-refractivity contribution in [1.29, 1.82) is 0 Å². The fourth-order valence-electron chi connectivity index (χ4n) is 1.66. The van der Waals surface area contributed by atoms with Gasteiger partial charge in [0.2, 0.25) is 14.3 Å². The SMILES string of the molecule is O=S1(=O)C(C2CCSCC2)=CN=C1Cl. The maximum atomic E-state index is 11.7. The molecule has 0 aromatic rings. The van der Waals surface area contributed by atoms with E-state index in [0.717, 1.165) is 24.3 Å². The number of hydrogen-bond acceptors (Lipinski definition) is 4. The molecule has 2 heterocycles. The van der Waals surface area contributed by atoms with Crippen molar-refractivity contribution in [3.05, 3.63) is 11.1 Å². The Kier molecular flexibility index (Phi) is 2.91. The van der Waals surface area contributed by atoms with Gasteiger partial charge in [-0.3, -0.25) is 0 Å². The lowest BCUT2D eigenvalue weighted by atomic mass is 10.0. The summed E-state index contributed by atoms with van der Waals surface area (Å²) in [5.74, 6) is 2.17. The fourth-order valence-corrected chi connectivity index (χ4v) is 4.33. The van der Waals surface area contributed by atoms with Crippen LogP contribution in [0.4, 0.5) is 0 Å². The Bertz CT molecular complexity index is 394. The highest BCUT2D eigenvalue weighted by Gasteiger charge is 2.34. The summed E-state index contributed by atoms with van der Waals surface area (Å²) in [4.78, 5) is 4.09. The average Bonchev–Trinajstić information content (AvgIpc) is 2.44. The second kappa shape index (κ2) is 3.87. The highest BCUT2D eigenvalue weighted by Crippen LogP contribution is 2.35. The molecule has 0 saturated carbocycles. The number of sulfone groups is 1. The minimum atomic E-state index is -3.40. The summed E-state index contributed by atoms with van der Waals surface area (Å²) in [5, 5.41) is 0. The Morgan fingerprint density at radius 3 is 2.57 bits per heavy atom. The molecule has 6 heteroatoms. The topological polar surface area (TPSA) is 46.5 Å². The van der Waals surface area contributed by atoms with E-state index in [9.17, 15) is 8.42 Å². The minimum Gasteiger partial charge on any atom is -0.232 e. The summed E-state index contributed by atoms with van der Waals surface area (Å²) in [6.45, 7) is 0. The normalized spacial score (nSPS) is 27.2. The first kappa shape index (κ1) is 10.5. The molecular formula is C8H10ClNO2S2. The number of halogens is 1. The molecule has 0 spiro atoms. The summed E-state index contributed by atoms with van der Waals surface area (Å²) >= 11 is 7.39. The van der Waals surface area contributed by atoms with E-state index in [1.807, 2.05) is 11.8 Å². The van der Waals surface area contributed by atoms with Crippen LogP contribution < -0.4 is 0 Å². The van der Waals surface area contributed by atoms with Gasteiger partial charge in [0.15, 0.2) is 0 Å². The zero-order valence-electron chi connectivity index (χ0n) is 7.44. The third-order valence-corrected chi connectivity index (χ3v) is 5.81. The maximum Gasteiger partial charge on any atom is 0.232 e. The molecule has 0 aromatic heterocycles. The lowest BCUT2D eigenvalue weighted by Gasteiger charge is -2.21. The quantitative estimate of drug-likeness (QED) is 0.716. The maximum absolute atomic E-state index is 11.7. The van der Waals surface area contributed by atoms with Crippen LogP contribution in [0.1, 0.15) is 12.8 Å². The zero-order chi connectivity index (χ0) is 10.2. The third kappa shape index (κ3) is 1.73. The van der Waals surface area contributed by atoms with Crippen LogP contribution in [0.25, 0.3) is 0 Å². The van der Waals surface area contributed by atoms with Crippen LogP contribution in [0.15, 0.2) is 16.1 Å². The molecule has 0 aromatic carbocycles. The number of rotatable bonds is 1. The Hall–Kier alpha value is -0.000000000000000111. The summed E-state index contributed by atoms with van der Waals surface area (Å²) in [7, 11) is -3.40. The second-order valence-corrected chi connectivity index (χ2v) is 6.98. The van der Waals surface area contributed by atoms with E-state index in [1.165, 1.54) is 6.20 Å². The number of hydrogen-bond donors (Lipinski definition) is 0. The van der Waals surface area contributed by atoms with Crippen LogP contribution in [-0.4, -0.2) is 24.4 Å². The molecular weight excluding hydrogens is 242 g/mol. The molecule has 1 saturated heterocycles. The van der Waals surface area contributed by atoms with Crippen molar-refractivity contribution in [3.8, 4) is 0 Å². The van der Waals surface area contributed by atoms with Crippen molar-refractivity contribution in [1.82, 2.24) is 0 Å². The van der Waals surface area contributed by atoms with Crippen molar-refractivity contribution in [2.24, 2.45) is 10.9 Å². The summed E-state index contributed by atoms with van der Waals surface area (Å²) in [6.07, 6.45) is 3.24. The van der Waals surface area contributed by atoms with Gasteiger partial charge in [-0.1, -0.05) is 0 Å².